The molecule has 99 valence electrons. The topological polar surface area (TPSA) is 97.3 Å². The van der Waals surface area contributed by atoms with Crippen LogP contribution in [0.1, 0.15) is 6.42 Å². The van der Waals surface area contributed by atoms with E-state index in [4.69, 9.17) is 5.73 Å². The summed E-state index contributed by atoms with van der Waals surface area (Å²) in [5.74, 6) is 0.577. The lowest BCUT2D eigenvalue weighted by Gasteiger charge is -2.15. The number of rotatable bonds is 7. The Morgan fingerprint density at radius 3 is 2.78 bits per heavy atom. The van der Waals surface area contributed by atoms with Crippen molar-refractivity contribution < 1.29 is 4.92 Å². The highest BCUT2D eigenvalue weighted by Gasteiger charge is 2.07. The molecule has 0 saturated heterocycles. The van der Waals surface area contributed by atoms with E-state index in [-0.39, 0.29) is 5.69 Å². The highest BCUT2D eigenvalue weighted by Crippen LogP contribution is 2.12. The van der Waals surface area contributed by atoms with Gasteiger partial charge in [0.2, 0.25) is 0 Å². The maximum absolute atomic E-state index is 10.4. The van der Waals surface area contributed by atoms with Crippen molar-refractivity contribution in [3.8, 4) is 0 Å². The molecule has 0 aliphatic rings. The van der Waals surface area contributed by atoms with Crippen LogP contribution in [-0.4, -0.2) is 42.0 Å². The van der Waals surface area contributed by atoms with Gasteiger partial charge in [-0.2, -0.15) is 0 Å². The van der Waals surface area contributed by atoms with E-state index in [0.717, 1.165) is 19.0 Å². The molecule has 3 N–H and O–H groups in total. The molecule has 0 aliphatic carbocycles. The first kappa shape index (κ1) is 14.3. The zero-order valence-corrected chi connectivity index (χ0v) is 10.6. The van der Waals surface area contributed by atoms with Crippen molar-refractivity contribution in [1.29, 1.82) is 0 Å². The molecule has 0 amide bonds. The molecule has 1 aromatic heterocycles. The predicted molar refractivity (Wildman–Crippen MR) is 70.0 cm³/mol. The molecule has 0 fully saturated rings. The summed E-state index contributed by atoms with van der Waals surface area (Å²) < 4.78 is 0. The van der Waals surface area contributed by atoms with E-state index < -0.39 is 4.92 Å². The van der Waals surface area contributed by atoms with E-state index in [1.165, 1.54) is 12.3 Å². The third kappa shape index (κ3) is 5.07. The van der Waals surface area contributed by atoms with Gasteiger partial charge in [0, 0.05) is 12.6 Å². The molecule has 0 atom stereocenters. The van der Waals surface area contributed by atoms with Crippen molar-refractivity contribution in [1.82, 2.24) is 9.88 Å². The number of nitrogens with one attached hydrogen (secondary N) is 1. The SMILES string of the molecule is CN(C)CC[C](N)CNc1ccc([N+](=O)[O-])cn1. The van der Waals surface area contributed by atoms with Crippen LogP contribution in [0.4, 0.5) is 11.5 Å². The van der Waals surface area contributed by atoms with Crippen LogP contribution in [0.3, 0.4) is 0 Å². The van der Waals surface area contributed by atoms with Crippen LogP contribution in [0, 0.1) is 16.2 Å². The van der Waals surface area contributed by atoms with Crippen LogP contribution in [0.5, 0.6) is 0 Å². The molecular formula is C11H18N5O2. The fourth-order valence-corrected chi connectivity index (χ4v) is 1.26. The van der Waals surface area contributed by atoms with Gasteiger partial charge in [0.1, 0.15) is 12.0 Å². The van der Waals surface area contributed by atoms with Gasteiger partial charge in [0.15, 0.2) is 0 Å². The standard InChI is InChI=1S/C11H18N5O2/c1-15(2)6-5-9(12)7-13-11-4-3-10(8-14-11)16(17)18/h3-4,8H,5-7,12H2,1-2H3,(H,13,14). The van der Waals surface area contributed by atoms with Crippen LogP contribution < -0.4 is 11.1 Å². The van der Waals surface area contributed by atoms with E-state index in [0.29, 0.717) is 12.4 Å². The van der Waals surface area contributed by atoms with Crippen LogP contribution >= 0.6 is 0 Å². The molecule has 0 bridgehead atoms. The Balaban J connectivity index is 2.36. The largest absolute Gasteiger partial charge is 0.368 e. The Hall–Kier alpha value is -1.73. The normalized spacial score (nSPS) is 10.9. The first-order chi connectivity index (χ1) is 8.49. The van der Waals surface area contributed by atoms with Gasteiger partial charge < -0.3 is 16.0 Å². The van der Waals surface area contributed by atoms with E-state index >= 15 is 0 Å². The molecule has 0 spiro atoms. The summed E-state index contributed by atoms with van der Waals surface area (Å²) >= 11 is 0. The van der Waals surface area contributed by atoms with Gasteiger partial charge in [-0.05, 0) is 33.1 Å². The summed E-state index contributed by atoms with van der Waals surface area (Å²) in [6.07, 6.45) is 2.02. The van der Waals surface area contributed by atoms with Crippen LogP contribution in [0.2, 0.25) is 0 Å². The van der Waals surface area contributed by atoms with Crippen LogP contribution in [-0.2, 0) is 0 Å². The molecule has 0 aliphatic heterocycles. The average Bonchev–Trinajstić information content (AvgIpc) is 2.34. The lowest BCUT2D eigenvalue weighted by atomic mass is 10.2. The molecular weight excluding hydrogens is 234 g/mol. The number of nitrogens with zero attached hydrogens (tertiary/aromatic N) is 3. The number of nitrogens with two attached hydrogens (primary N) is 1. The molecule has 0 saturated carbocycles. The third-order valence-electron chi connectivity index (χ3n) is 2.34. The minimum atomic E-state index is -0.478. The second kappa shape index (κ2) is 6.87. The summed E-state index contributed by atoms with van der Waals surface area (Å²) in [6.45, 7) is 1.40. The second-order valence-corrected chi connectivity index (χ2v) is 4.22. The minimum Gasteiger partial charge on any atom is -0.368 e. The Morgan fingerprint density at radius 2 is 2.28 bits per heavy atom. The van der Waals surface area contributed by atoms with Gasteiger partial charge in [0.25, 0.3) is 5.69 Å². The summed E-state index contributed by atoms with van der Waals surface area (Å²) in [7, 11) is 3.97. The van der Waals surface area contributed by atoms with Crippen LogP contribution in [0.15, 0.2) is 18.3 Å². The quantitative estimate of drug-likeness (QED) is 0.551. The van der Waals surface area contributed by atoms with Crippen molar-refractivity contribution in [2.45, 2.75) is 6.42 Å². The number of pyridine rings is 1. The van der Waals surface area contributed by atoms with Crippen molar-refractivity contribution in [2.24, 2.45) is 5.73 Å². The lowest BCUT2D eigenvalue weighted by Crippen LogP contribution is -2.25. The smallest absolute Gasteiger partial charge is 0.287 e. The van der Waals surface area contributed by atoms with Gasteiger partial charge in [-0.15, -0.1) is 0 Å². The van der Waals surface area contributed by atoms with E-state index in [1.54, 1.807) is 6.07 Å². The van der Waals surface area contributed by atoms with Gasteiger partial charge in [-0.3, -0.25) is 10.1 Å². The maximum Gasteiger partial charge on any atom is 0.287 e. The van der Waals surface area contributed by atoms with E-state index in [2.05, 4.69) is 15.2 Å². The molecule has 1 rings (SSSR count). The number of nitro groups is 1. The summed E-state index contributed by atoms with van der Waals surface area (Å²) in [5.41, 5.74) is 5.82. The highest BCUT2D eigenvalue weighted by atomic mass is 16.6. The number of hydrogen-bond acceptors (Lipinski definition) is 6. The van der Waals surface area contributed by atoms with E-state index in [9.17, 15) is 10.1 Å². The van der Waals surface area contributed by atoms with Crippen LogP contribution in [0.25, 0.3) is 0 Å². The summed E-state index contributed by atoms with van der Waals surface area (Å²) in [6, 6.07) is 3.80. The second-order valence-electron chi connectivity index (χ2n) is 4.22. The van der Waals surface area contributed by atoms with Crippen molar-refractivity contribution in [3.05, 3.63) is 34.5 Å². The summed E-state index contributed by atoms with van der Waals surface area (Å²) in [4.78, 5) is 16.0. The van der Waals surface area contributed by atoms with Gasteiger partial charge in [-0.25, -0.2) is 4.98 Å². The predicted octanol–water partition coefficient (Wildman–Crippen LogP) is 0.844. The monoisotopic (exact) mass is 252 g/mol. The third-order valence-corrected chi connectivity index (χ3v) is 2.34. The zero-order chi connectivity index (χ0) is 13.5. The minimum absolute atomic E-state index is 0.0230. The lowest BCUT2D eigenvalue weighted by molar-refractivity contribution is -0.385. The Morgan fingerprint density at radius 1 is 1.56 bits per heavy atom. The zero-order valence-electron chi connectivity index (χ0n) is 10.6. The average molecular weight is 252 g/mol. The molecule has 18 heavy (non-hydrogen) atoms. The fourth-order valence-electron chi connectivity index (χ4n) is 1.26. The maximum atomic E-state index is 10.4. The summed E-state index contributed by atoms with van der Waals surface area (Å²) in [5, 5.41) is 13.5. The fraction of sp³-hybridized carbons (Fsp3) is 0.455. The first-order valence-corrected chi connectivity index (χ1v) is 5.58. The Bertz CT molecular complexity index is 380. The van der Waals surface area contributed by atoms with Gasteiger partial charge in [0.05, 0.1) is 11.0 Å². The van der Waals surface area contributed by atoms with Crippen molar-refractivity contribution in [2.75, 3.05) is 32.5 Å². The Kier molecular flexibility index (Phi) is 5.47. The molecule has 0 unspecified atom stereocenters. The highest BCUT2D eigenvalue weighted by molar-refractivity contribution is 5.40. The van der Waals surface area contributed by atoms with E-state index in [1.807, 2.05) is 14.1 Å². The van der Waals surface area contributed by atoms with Crippen molar-refractivity contribution in [3.63, 3.8) is 0 Å². The number of hydrogen-bond donors (Lipinski definition) is 2. The molecule has 1 radical (unpaired) electrons. The van der Waals surface area contributed by atoms with Crippen molar-refractivity contribution >= 4 is 11.5 Å². The van der Waals surface area contributed by atoms with Gasteiger partial charge >= 0.3 is 0 Å². The molecule has 0 aromatic carbocycles. The number of aromatic nitrogens is 1. The molecule has 7 nitrogen and oxygen atoms in total. The van der Waals surface area contributed by atoms with Gasteiger partial charge in [-0.1, -0.05) is 0 Å². The molecule has 1 aromatic rings. The Labute approximate surface area is 106 Å². The molecule has 7 heteroatoms. The number of anilines is 1. The first-order valence-electron chi connectivity index (χ1n) is 5.58. The molecule has 1 heterocycles.